The van der Waals surface area contributed by atoms with E-state index in [4.69, 9.17) is 17.7 Å². The minimum atomic E-state index is -0.867. The highest BCUT2D eigenvalue weighted by atomic mass is 35.5. The van der Waals surface area contributed by atoms with Crippen molar-refractivity contribution in [2.75, 3.05) is 13.1 Å². The topological polar surface area (TPSA) is 75.4 Å². The summed E-state index contributed by atoms with van der Waals surface area (Å²) < 4.78 is 16.2. The van der Waals surface area contributed by atoms with Gasteiger partial charge in [0.25, 0.3) is 0 Å². The Kier molecular flexibility index (Phi) is 8.14. The maximum absolute atomic E-state index is 14.6. The first-order valence-corrected chi connectivity index (χ1v) is 11.1. The lowest BCUT2D eigenvalue weighted by Crippen LogP contribution is -2.42. The van der Waals surface area contributed by atoms with Crippen molar-refractivity contribution >= 4 is 42.9 Å². The molecule has 2 fully saturated rings. The number of carbonyl (C=O) groups excluding carboxylic acids is 1. The Balaban J connectivity index is 0.00000289. The van der Waals surface area contributed by atoms with Gasteiger partial charge in [-0.1, -0.05) is 18.2 Å². The molecule has 172 valence electrons. The molecule has 2 aliphatic rings. The molecule has 0 spiro atoms. The van der Waals surface area contributed by atoms with Gasteiger partial charge in [-0.15, -0.1) is 12.4 Å². The van der Waals surface area contributed by atoms with Crippen molar-refractivity contribution in [3.8, 4) is 0 Å². The van der Waals surface area contributed by atoms with Gasteiger partial charge in [-0.3, -0.25) is 19.2 Å². The molecule has 2 atom stereocenters. The minimum Gasteiger partial charge on any atom is -0.481 e. The molecule has 1 N–H and O–H groups in total. The summed E-state index contributed by atoms with van der Waals surface area (Å²) in [5.41, 5.74) is 2.18. The van der Waals surface area contributed by atoms with E-state index in [-0.39, 0.29) is 41.6 Å². The van der Waals surface area contributed by atoms with E-state index in [0.29, 0.717) is 25.2 Å². The first-order chi connectivity index (χ1) is 14.9. The van der Waals surface area contributed by atoms with E-state index in [1.54, 1.807) is 29.1 Å². The number of aromatic nitrogens is 2. The molecule has 0 radical (unpaired) electrons. The molecular weight excluding hydrogens is 453 g/mol. The van der Waals surface area contributed by atoms with Crippen molar-refractivity contribution in [2.24, 2.45) is 5.92 Å². The van der Waals surface area contributed by atoms with Crippen LogP contribution in [0.25, 0.3) is 6.08 Å². The van der Waals surface area contributed by atoms with Crippen LogP contribution >= 0.6 is 25.0 Å². The van der Waals surface area contributed by atoms with Crippen LogP contribution in [0.4, 0.5) is 4.39 Å². The molecule has 32 heavy (non-hydrogen) atoms. The van der Waals surface area contributed by atoms with Gasteiger partial charge < -0.3 is 5.11 Å². The highest BCUT2D eigenvalue weighted by Crippen LogP contribution is 2.39. The molecule has 1 unspecified atom stereocenters. The summed E-state index contributed by atoms with van der Waals surface area (Å²) >= 11 is 4.72. The largest absolute Gasteiger partial charge is 0.481 e. The molecule has 9 heteroatoms. The van der Waals surface area contributed by atoms with Gasteiger partial charge in [0, 0.05) is 36.0 Å². The highest BCUT2D eigenvalue weighted by Gasteiger charge is 2.40. The smallest absolute Gasteiger partial charge is 0.305 e. The molecule has 0 bridgehead atoms. The minimum absolute atomic E-state index is 0. The second-order valence-electron chi connectivity index (χ2n) is 8.24. The second-order valence-corrected chi connectivity index (χ2v) is 8.87. The average molecular weight is 480 g/mol. The first kappa shape index (κ1) is 24.5. The molecule has 1 saturated heterocycles. The van der Waals surface area contributed by atoms with Crippen molar-refractivity contribution in [1.82, 2.24) is 14.7 Å². The van der Waals surface area contributed by atoms with Crippen LogP contribution in [0, 0.1) is 11.7 Å². The van der Waals surface area contributed by atoms with Crippen LogP contribution in [-0.2, 0) is 16.1 Å². The Hall–Kier alpha value is -2.16. The monoisotopic (exact) mass is 479 g/mol. The number of carboxylic acid groups (broad SMARTS) is 1. The number of nitrogens with zero attached hydrogens (tertiary/aromatic N) is 3. The van der Waals surface area contributed by atoms with E-state index in [9.17, 15) is 14.0 Å². The fourth-order valence-corrected chi connectivity index (χ4v) is 4.32. The zero-order chi connectivity index (χ0) is 22.0. The summed E-state index contributed by atoms with van der Waals surface area (Å²) in [7, 11) is 0. The molecule has 0 amide bonds. The zero-order valence-corrected chi connectivity index (χ0v) is 19.3. The van der Waals surface area contributed by atoms with Gasteiger partial charge in [0.2, 0.25) is 0 Å². The van der Waals surface area contributed by atoms with Crippen molar-refractivity contribution in [3.63, 3.8) is 0 Å². The standard InChI is InChI=1S/C23H26FN3O3S.ClH/c24-19-4-2-1-3-18(19)22(23(30)15-5-6-15)26-10-8-20(31)16(14-26)13-17-7-11-27(25-17)12-9-21(28)29;/h1-4,7,11,13,15,20,22,31H,5-6,8-10,12,14H2,(H,28,29);1H/t20-,22?;/m0./s1. The van der Waals surface area contributed by atoms with E-state index in [1.807, 2.05) is 12.1 Å². The molecular formula is C23H27ClFN3O3S. The SMILES string of the molecule is Cl.O=C(O)CCn1ccc(C=C2CN(C(C(=O)C3CC3)c3ccccc3F)CC[C@@H]2S)n1. The number of carbonyl (C=O) groups is 2. The summed E-state index contributed by atoms with van der Waals surface area (Å²) in [5, 5.41) is 13.3. The quantitative estimate of drug-likeness (QED) is 0.559. The molecule has 1 aliphatic carbocycles. The number of carboxylic acids is 1. The van der Waals surface area contributed by atoms with Gasteiger partial charge in [-0.25, -0.2) is 4.39 Å². The Morgan fingerprint density at radius 2 is 2.00 bits per heavy atom. The third kappa shape index (κ3) is 5.79. The third-order valence-corrected chi connectivity index (χ3v) is 6.46. The normalized spacial score (nSPS) is 21.2. The molecule has 1 saturated carbocycles. The number of benzene rings is 1. The summed E-state index contributed by atoms with van der Waals surface area (Å²) in [6.45, 7) is 1.48. The van der Waals surface area contributed by atoms with Crippen LogP contribution in [0.2, 0.25) is 0 Å². The van der Waals surface area contributed by atoms with Gasteiger partial charge in [0.1, 0.15) is 5.82 Å². The summed E-state index contributed by atoms with van der Waals surface area (Å²) in [6.07, 6.45) is 6.21. The average Bonchev–Trinajstić information content (AvgIpc) is 3.50. The number of ketones is 1. The zero-order valence-electron chi connectivity index (χ0n) is 17.6. The number of piperidine rings is 1. The molecule has 2 aromatic rings. The molecule has 1 aromatic heterocycles. The fraction of sp³-hybridized carbons (Fsp3) is 0.435. The van der Waals surface area contributed by atoms with Gasteiger partial charge >= 0.3 is 5.97 Å². The lowest BCUT2D eigenvalue weighted by Gasteiger charge is -2.37. The van der Waals surface area contributed by atoms with E-state index < -0.39 is 12.0 Å². The number of hydrogen-bond donors (Lipinski definition) is 2. The number of thiol groups is 1. The predicted molar refractivity (Wildman–Crippen MR) is 126 cm³/mol. The van der Waals surface area contributed by atoms with Crippen molar-refractivity contribution in [1.29, 1.82) is 0 Å². The predicted octanol–water partition coefficient (Wildman–Crippen LogP) is 4.03. The van der Waals surface area contributed by atoms with E-state index in [0.717, 1.165) is 30.5 Å². The van der Waals surface area contributed by atoms with Crippen LogP contribution in [0.1, 0.15) is 43.0 Å². The summed E-state index contributed by atoms with van der Waals surface area (Å²) in [4.78, 5) is 25.9. The molecule has 1 aliphatic heterocycles. The van der Waals surface area contributed by atoms with Crippen LogP contribution < -0.4 is 0 Å². The summed E-state index contributed by atoms with van der Waals surface area (Å²) in [6, 6.07) is 7.78. The molecule has 2 heterocycles. The maximum Gasteiger partial charge on any atom is 0.305 e. The number of likely N-dealkylation sites (tertiary alicyclic amines) is 1. The van der Waals surface area contributed by atoms with Crippen LogP contribution in [0.15, 0.2) is 42.1 Å². The lowest BCUT2D eigenvalue weighted by molar-refractivity contribution is -0.137. The van der Waals surface area contributed by atoms with E-state index in [2.05, 4.69) is 10.00 Å². The van der Waals surface area contributed by atoms with Crippen molar-refractivity contribution in [3.05, 3.63) is 59.2 Å². The first-order valence-electron chi connectivity index (χ1n) is 10.6. The number of rotatable bonds is 8. The number of aliphatic carboxylic acids is 1. The van der Waals surface area contributed by atoms with Gasteiger partial charge in [0.15, 0.2) is 5.78 Å². The molecule has 4 rings (SSSR count). The fourth-order valence-electron chi connectivity index (χ4n) is 4.05. The Labute approximate surface area is 198 Å². The Morgan fingerprint density at radius 3 is 2.69 bits per heavy atom. The highest BCUT2D eigenvalue weighted by molar-refractivity contribution is 7.81. The number of aryl methyl sites for hydroxylation is 1. The van der Waals surface area contributed by atoms with Crippen molar-refractivity contribution < 1.29 is 19.1 Å². The number of hydrogen-bond acceptors (Lipinski definition) is 5. The maximum atomic E-state index is 14.6. The second kappa shape index (κ2) is 10.6. The lowest BCUT2D eigenvalue weighted by atomic mass is 9.93. The van der Waals surface area contributed by atoms with E-state index >= 15 is 0 Å². The molecule has 6 nitrogen and oxygen atoms in total. The van der Waals surface area contributed by atoms with Gasteiger partial charge in [-0.05, 0) is 43.0 Å². The Bertz CT molecular complexity index is 1010. The Morgan fingerprint density at radius 1 is 1.25 bits per heavy atom. The number of Topliss-reactive ketones (excluding diaryl/α,β-unsaturated/α-hetero) is 1. The van der Waals surface area contributed by atoms with E-state index in [1.165, 1.54) is 6.07 Å². The van der Waals surface area contributed by atoms with Crippen LogP contribution in [0.3, 0.4) is 0 Å². The van der Waals surface area contributed by atoms with Gasteiger partial charge in [0.05, 0.1) is 24.7 Å². The third-order valence-electron chi connectivity index (χ3n) is 5.87. The summed E-state index contributed by atoms with van der Waals surface area (Å²) in [5.74, 6) is -1.10. The van der Waals surface area contributed by atoms with Crippen LogP contribution in [-0.4, -0.2) is 49.9 Å². The number of halogens is 2. The van der Waals surface area contributed by atoms with Crippen LogP contribution in [0.5, 0.6) is 0 Å². The van der Waals surface area contributed by atoms with Crippen molar-refractivity contribution in [2.45, 2.75) is 43.5 Å². The molecule has 1 aromatic carbocycles. The van der Waals surface area contributed by atoms with Gasteiger partial charge in [-0.2, -0.15) is 17.7 Å².